The van der Waals surface area contributed by atoms with Crippen LogP contribution >= 0.6 is 0 Å². The Balaban J connectivity index is 1.62. The summed E-state index contributed by atoms with van der Waals surface area (Å²) in [5.41, 5.74) is 1.08. The fourth-order valence-corrected chi connectivity index (χ4v) is 4.51. The van der Waals surface area contributed by atoms with E-state index in [9.17, 15) is 9.90 Å². The molecule has 1 saturated heterocycles. The molecular formula is C24H30N6O2. The van der Waals surface area contributed by atoms with Crippen LogP contribution in [0.4, 0.5) is 0 Å². The molecule has 0 bridgehead atoms. The number of phenolic OH excluding ortho intramolecular Hbond substituents is 1. The fraction of sp³-hybridized carbons (Fsp3) is 0.417. The number of piperidine rings is 1. The number of imidazole rings is 1. The molecule has 0 spiro atoms. The number of H-pyrrole nitrogens is 1. The molecule has 2 N–H and O–H groups in total. The average molecular weight is 435 g/mol. The molecule has 8 heteroatoms. The van der Waals surface area contributed by atoms with Gasteiger partial charge in [0.1, 0.15) is 17.4 Å². The third kappa shape index (κ3) is 4.36. The van der Waals surface area contributed by atoms with E-state index in [0.29, 0.717) is 24.5 Å². The zero-order valence-electron chi connectivity index (χ0n) is 18.7. The van der Waals surface area contributed by atoms with Crippen molar-refractivity contribution in [2.45, 2.75) is 38.6 Å². The maximum absolute atomic E-state index is 12.7. The first kappa shape index (κ1) is 22.0. The highest BCUT2D eigenvalue weighted by molar-refractivity contribution is 5.93. The van der Waals surface area contributed by atoms with E-state index in [0.717, 1.165) is 43.9 Å². The molecule has 3 aromatic rings. The van der Waals surface area contributed by atoms with E-state index in [1.165, 1.54) is 0 Å². The maximum Gasteiger partial charge on any atom is 0.256 e. The van der Waals surface area contributed by atoms with E-state index in [1.54, 1.807) is 35.6 Å². The number of likely N-dealkylation sites (tertiary alicyclic amines) is 1. The second-order valence-corrected chi connectivity index (χ2v) is 8.22. The maximum atomic E-state index is 12.7. The van der Waals surface area contributed by atoms with Crippen molar-refractivity contribution in [3.8, 4) is 5.75 Å². The SMILES string of the molecule is CCN(CC)C(=O)c1cnc(C2(c3cccc(O)c3)CCN(Cc3ncc[nH]3)CC2)nc1. The molecule has 1 aliphatic heterocycles. The van der Waals surface area contributed by atoms with Gasteiger partial charge in [-0.1, -0.05) is 12.1 Å². The highest BCUT2D eigenvalue weighted by atomic mass is 16.3. The Morgan fingerprint density at radius 3 is 2.47 bits per heavy atom. The van der Waals surface area contributed by atoms with Gasteiger partial charge in [-0.15, -0.1) is 0 Å². The predicted molar refractivity (Wildman–Crippen MR) is 121 cm³/mol. The summed E-state index contributed by atoms with van der Waals surface area (Å²) in [6.07, 6.45) is 8.50. The number of carbonyl (C=O) groups is 1. The number of hydrogen-bond donors (Lipinski definition) is 2. The number of nitrogens with zero attached hydrogens (tertiary/aromatic N) is 5. The number of carbonyl (C=O) groups excluding carboxylic acids is 1. The zero-order valence-corrected chi connectivity index (χ0v) is 18.7. The molecule has 1 amide bonds. The minimum atomic E-state index is -0.421. The number of aromatic amines is 1. The van der Waals surface area contributed by atoms with E-state index in [-0.39, 0.29) is 11.7 Å². The minimum absolute atomic E-state index is 0.0544. The van der Waals surface area contributed by atoms with Crippen LogP contribution < -0.4 is 0 Å². The van der Waals surface area contributed by atoms with Crippen molar-refractivity contribution in [1.29, 1.82) is 0 Å². The van der Waals surface area contributed by atoms with Crippen LogP contribution in [-0.2, 0) is 12.0 Å². The predicted octanol–water partition coefficient (Wildman–Crippen LogP) is 2.97. The zero-order chi connectivity index (χ0) is 22.6. The van der Waals surface area contributed by atoms with Crippen LogP contribution in [0.2, 0.25) is 0 Å². The Labute approximate surface area is 188 Å². The second-order valence-electron chi connectivity index (χ2n) is 8.22. The number of nitrogens with one attached hydrogen (secondary N) is 1. The summed E-state index contributed by atoms with van der Waals surface area (Å²) in [4.78, 5) is 33.7. The Morgan fingerprint density at radius 1 is 1.16 bits per heavy atom. The number of rotatable bonds is 7. The van der Waals surface area contributed by atoms with E-state index < -0.39 is 5.41 Å². The summed E-state index contributed by atoms with van der Waals surface area (Å²) < 4.78 is 0. The van der Waals surface area contributed by atoms with Gasteiger partial charge in [0.15, 0.2) is 0 Å². The van der Waals surface area contributed by atoms with Crippen molar-refractivity contribution in [3.05, 3.63) is 71.8 Å². The van der Waals surface area contributed by atoms with Crippen LogP contribution in [0.5, 0.6) is 5.75 Å². The molecule has 1 aliphatic rings. The standard InChI is InChI=1S/C24H30N6O2/c1-3-30(4-2)22(32)18-15-27-23(28-16-18)24(19-6-5-7-20(31)14-19)8-12-29(13-9-24)17-21-25-10-11-26-21/h5-7,10-11,14-16,31H,3-4,8-9,12-13,17H2,1-2H3,(H,25,26). The van der Waals surface area contributed by atoms with E-state index in [1.807, 2.05) is 32.2 Å². The second kappa shape index (κ2) is 9.48. The minimum Gasteiger partial charge on any atom is -0.508 e. The van der Waals surface area contributed by atoms with Gasteiger partial charge in [-0.2, -0.15) is 0 Å². The normalized spacial score (nSPS) is 16.1. The largest absolute Gasteiger partial charge is 0.508 e. The third-order valence-corrected chi connectivity index (χ3v) is 6.41. The number of amides is 1. The number of aromatic nitrogens is 4. The van der Waals surface area contributed by atoms with Crippen LogP contribution in [0.25, 0.3) is 0 Å². The molecule has 2 aromatic heterocycles. The molecule has 3 heterocycles. The van der Waals surface area contributed by atoms with Gasteiger partial charge >= 0.3 is 0 Å². The van der Waals surface area contributed by atoms with Crippen molar-refractivity contribution in [2.75, 3.05) is 26.2 Å². The van der Waals surface area contributed by atoms with Gasteiger partial charge in [-0.25, -0.2) is 15.0 Å². The molecule has 168 valence electrons. The van der Waals surface area contributed by atoms with Crippen molar-refractivity contribution in [3.63, 3.8) is 0 Å². The van der Waals surface area contributed by atoms with Crippen LogP contribution in [0.15, 0.2) is 49.1 Å². The lowest BCUT2D eigenvalue weighted by Gasteiger charge is -2.41. The fourth-order valence-electron chi connectivity index (χ4n) is 4.51. The van der Waals surface area contributed by atoms with Crippen molar-refractivity contribution >= 4 is 5.91 Å². The Bertz CT molecular complexity index is 1020. The van der Waals surface area contributed by atoms with Gasteiger partial charge < -0.3 is 15.0 Å². The van der Waals surface area contributed by atoms with Crippen LogP contribution in [-0.4, -0.2) is 66.9 Å². The molecule has 0 atom stereocenters. The summed E-state index contributed by atoms with van der Waals surface area (Å²) in [5, 5.41) is 10.1. The van der Waals surface area contributed by atoms with Gasteiger partial charge in [-0.3, -0.25) is 9.69 Å². The number of aromatic hydroxyl groups is 1. The lowest BCUT2D eigenvalue weighted by molar-refractivity contribution is 0.0772. The van der Waals surface area contributed by atoms with Gasteiger partial charge in [0.05, 0.1) is 17.5 Å². The average Bonchev–Trinajstić information content (AvgIpc) is 3.34. The Hall–Kier alpha value is -3.26. The highest BCUT2D eigenvalue weighted by Gasteiger charge is 2.40. The smallest absolute Gasteiger partial charge is 0.256 e. The number of benzene rings is 1. The molecule has 8 nitrogen and oxygen atoms in total. The number of phenols is 1. The summed E-state index contributed by atoms with van der Waals surface area (Å²) in [5.74, 6) is 1.82. The quantitative estimate of drug-likeness (QED) is 0.593. The van der Waals surface area contributed by atoms with E-state index in [2.05, 4.69) is 24.8 Å². The monoisotopic (exact) mass is 434 g/mol. The van der Waals surface area contributed by atoms with Gasteiger partial charge in [-0.05, 0) is 57.5 Å². The molecule has 0 aliphatic carbocycles. The lowest BCUT2D eigenvalue weighted by Crippen LogP contribution is -2.44. The molecule has 0 saturated carbocycles. The van der Waals surface area contributed by atoms with Crippen LogP contribution in [0.1, 0.15) is 54.3 Å². The van der Waals surface area contributed by atoms with E-state index >= 15 is 0 Å². The third-order valence-electron chi connectivity index (χ3n) is 6.41. The molecule has 32 heavy (non-hydrogen) atoms. The Morgan fingerprint density at radius 2 is 1.88 bits per heavy atom. The molecular weight excluding hydrogens is 404 g/mol. The first-order valence-electron chi connectivity index (χ1n) is 11.2. The molecule has 1 fully saturated rings. The summed E-state index contributed by atoms with van der Waals surface area (Å²) in [7, 11) is 0. The lowest BCUT2D eigenvalue weighted by atomic mass is 9.72. The van der Waals surface area contributed by atoms with Gasteiger partial charge in [0.25, 0.3) is 5.91 Å². The summed E-state index contributed by atoms with van der Waals surface area (Å²) >= 11 is 0. The van der Waals surface area contributed by atoms with Gasteiger partial charge in [0, 0.05) is 37.9 Å². The summed E-state index contributed by atoms with van der Waals surface area (Å²) in [6, 6.07) is 7.37. The number of hydrogen-bond acceptors (Lipinski definition) is 6. The van der Waals surface area contributed by atoms with Crippen molar-refractivity contribution in [2.24, 2.45) is 0 Å². The Kier molecular flexibility index (Phi) is 6.50. The molecule has 0 unspecified atom stereocenters. The van der Waals surface area contributed by atoms with E-state index in [4.69, 9.17) is 0 Å². The van der Waals surface area contributed by atoms with Crippen LogP contribution in [0.3, 0.4) is 0 Å². The molecule has 4 rings (SSSR count). The van der Waals surface area contributed by atoms with Crippen LogP contribution in [0, 0.1) is 0 Å². The highest BCUT2D eigenvalue weighted by Crippen LogP contribution is 2.41. The van der Waals surface area contributed by atoms with Crippen molar-refractivity contribution < 1.29 is 9.90 Å². The summed E-state index contributed by atoms with van der Waals surface area (Å²) in [6.45, 7) is 7.68. The molecule has 0 radical (unpaired) electrons. The molecule has 1 aromatic carbocycles. The first-order chi connectivity index (χ1) is 15.6. The topological polar surface area (TPSA) is 98.2 Å². The van der Waals surface area contributed by atoms with Crippen molar-refractivity contribution in [1.82, 2.24) is 29.7 Å². The first-order valence-corrected chi connectivity index (χ1v) is 11.2. The van der Waals surface area contributed by atoms with Gasteiger partial charge in [0.2, 0.25) is 0 Å².